The zero-order valence-electron chi connectivity index (χ0n) is 14.6. The second kappa shape index (κ2) is 8.38. The van der Waals surface area contributed by atoms with Crippen LogP contribution in [0.25, 0.3) is 0 Å². The summed E-state index contributed by atoms with van der Waals surface area (Å²) in [6.07, 6.45) is 3.53. The molecule has 6 heteroatoms. The molecular formula is C20H21FN4O. The molecule has 5 nitrogen and oxygen atoms in total. The van der Waals surface area contributed by atoms with Gasteiger partial charge in [0.15, 0.2) is 0 Å². The van der Waals surface area contributed by atoms with E-state index < -0.39 is 0 Å². The highest BCUT2D eigenvalue weighted by atomic mass is 19.1. The second-order valence-electron chi connectivity index (χ2n) is 6.30. The molecule has 0 bridgehead atoms. The van der Waals surface area contributed by atoms with E-state index in [1.807, 2.05) is 31.2 Å². The van der Waals surface area contributed by atoms with Gasteiger partial charge in [-0.25, -0.2) is 14.1 Å². The Kier molecular flexibility index (Phi) is 5.73. The Bertz CT molecular complexity index is 847. The van der Waals surface area contributed by atoms with Gasteiger partial charge in [-0.3, -0.25) is 4.79 Å². The van der Waals surface area contributed by atoms with Crippen molar-refractivity contribution in [2.75, 3.05) is 0 Å². The summed E-state index contributed by atoms with van der Waals surface area (Å²) in [5, 5.41) is 7.09. The number of benzene rings is 2. The van der Waals surface area contributed by atoms with Crippen molar-refractivity contribution in [2.45, 2.75) is 32.4 Å². The summed E-state index contributed by atoms with van der Waals surface area (Å²) in [6.45, 7) is 3.03. The average Bonchev–Trinajstić information content (AvgIpc) is 3.14. The van der Waals surface area contributed by atoms with Gasteiger partial charge in [0.25, 0.3) is 0 Å². The molecule has 3 aromatic rings. The van der Waals surface area contributed by atoms with Crippen LogP contribution in [0.15, 0.2) is 61.2 Å². The van der Waals surface area contributed by atoms with Gasteiger partial charge < -0.3 is 5.32 Å². The van der Waals surface area contributed by atoms with E-state index in [4.69, 9.17) is 0 Å². The summed E-state index contributed by atoms with van der Waals surface area (Å²) in [7, 11) is 0. The van der Waals surface area contributed by atoms with Gasteiger partial charge in [-0.2, -0.15) is 5.10 Å². The summed E-state index contributed by atoms with van der Waals surface area (Å²) in [4.78, 5) is 16.2. The number of nitrogens with zero attached hydrogens (tertiary/aromatic N) is 3. The van der Waals surface area contributed by atoms with E-state index in [9.17, 15) is 9.18 Å². The Balaban J connectivity index is 1.57. The molecule has 1 unspecified atom stereocenters. The molecule has 0 aliphatic carbocycles. The highest BCUT2D eigenvalue weighted by Gasteiger charge is 2.12. The van der Waals surface area contributed by atoms with Gasteiger partial charge in [-0.1, -0.05) is 43.3 Å². The van der Waals surface area contributed by atoms with Crippen LogP contribution in [0.5, 0.6) is 0 Å². The Morgan fingerprint density at radius 3 is 2.58 bits per heavy atom. The van der Waals surface area contributed by atoms with Crippen molar-refractivity contribution < 1.29 is 9.18 Å². The third-order valence-corrected chi connectivity index (χ3v) is 4.32. The molecule has 1 heterocycles. The van der Waals surface area contributed by atoms with Gasteiger partial charge in [0, 0.05) is 13.0 Å². The summed E-state index contributed by atoms with van der Waals surface area (Å²) < 4.78 is 14.8. The molecule has 0 radical (unpaired) electrons. The van der Waals surface area contributed by atoms with E-state index in [2.05, 4.69) is 15.4 Å². The van der Waals surface area contributed by atoms with Gasteiger partial charge in [0.1, 0.15) is 18.5 Å². The fourth-order valence-corrected chi connectivity index (χ4v) is 2.83. The van der Waals surface area contributed by atoms with Gasteiger partial charge in [0.2, 0.25) is 5.91 Å². The van der Waals surface area contributed by atoms with E-state index >= 15 is 0 Å². The summed E-state index contributed by atoms with van der Waals surface area (Å²) >= 11 is 0. The molecule has 2 aromatic carbocycles. The number of nitrogens with one attached hydrogen (secondary N) is 1. The smallest absolute Gasteiger partial charge is 0.220 e. The van der Waals surface area contributed by atoms with E-state index in [0.717, 1.165) is 16.7 Å². The molecule has 0 aliphatic heterocycles. The maximum atomic E-state index is 13.0. The third kappa shape index (κ3) is 4.75. The van der Waals surface area contributed by atoms with Gasteiger partial charge >= 0.3 is 0 Å². The molecular weight excluding hydrogens is 331 g/mol. The zero-order chi connectivity index (χ0) is 18.4. The first-order chi connectivity index (χ1) is 12.6. The molecule has 0 saturated carbocycles. The topological polar surface area (TPSA) is 59.8 Å². The van der Waals surface area contributed by atoms with E-state index in [-0.39, 0.29) is 17.6 Å². The lowest BCUT2D eigenvalue weighted by Gasteiger charge is -2.14. The number of aromatic nitrogens is 3. The predicted octanol–water partition coefficient (Wildman–Crippen LogP) is 3.28. The lowest BCUT2D eigenvalue weighted by Crippen LogP contribution is -2.24. The SMILES string of the molecule is CC(CC(=O)NCc1ccccc1Cn1cncn1)c1ccc(F)cc1. The van der Waals surface area contributed by atoms with Crippen molar-refractivity contribution in [2.24, 2.45) is 0 Å². The minimum Gasteiger partial charge on any atom is -0.352 e. The van der Waals surface area contributed by atoms with Crippen LogP contribution in [-0.4, -0.2) is 20.7 Å². The largest absolute Gasteiger partial charge is 0.352 e. The average molecular weight is 352 g/mol. The van der Waals surface area contributed by atoms with Crippen LogP contribution < -0.4 is 5.32 Å². The first kappa shape index (κ1) is 17.8. The highest BCUT2D eigenvalue weighted by molar-refractivity contribution is 5.76. The molecule has 1 N–H and O–H groups in total. The molecule has 1 aromatic heterocycles. The zero-order valence-corrected chi connectivity index (χ0v) is 14.6. The molecule has 0 fully saturated rings. The number of amides is 1. The fraction of sp³-hybridized carbons (Fsp3) is 0.250. The lowest BCUT2D eigenvalue weighted by molar-refractivity contribution is -0.121. The lowest BCUT2D eigenvalue weighted by atomic mass is 9.97. The Morgan fingerprint density at radius 1 is 1.15 bits per heavy atom. The minimum atomic E-state index is -0.269. The van der Waals surface area contributed by atoms with Crippen molar-refractivity contribution in [3.63, 3.8) is 0 Å². The van der Waals surface area contributed by atoms with Crippen molar-refractivity contribution >= 4 is 5.91 Å². The quantitative estimate of drug-likeness (QED) is 0.710. The summed E-state index contributed by atoms with van der Waals surface area (Å²) in [5.74, 6) is -0.271. The van der Waals surface area contributed by atoms with Crippen LogP contribution in [0.3, 0.4) is 0 Å². The molecule has 26 heavy (non-hydrogen) atoms. The molecule has 134 valence electrons. The molecule has 3 rings (SSSR count). The number of carbonyl (C=O) groups excluding carboxylic acids is 1. The van der Waals surface area contributed by atoms with Gasteiger partial charge in [-0.05, 0) is 34.7 Å². The van der Waals surface area contributed by atoms with Gasteiger partial charge in [-0.15, -0.1) is 0 Å². The minimum absolute atomic E-state index is 0.0287. The first-order valence-electron chi connectivity index (χ1n) is 8.53. The molecule has 1 amide bonds. The van der Waals surface area contributed by atoms with E-state index in [1.165, 1.54) is 18.5 Å². The van der Waals surface area contributed by atoms with Crippen molar-refractivity contribution in [1.82, 2.24) is 20.1 Å². The van der Waals surface area contributed by atoms with Crippen LogP contribution in [0.2, 0.25) is 0 Å². The number of hydrogen-bond acceptors (Lipinski definition) is 3. The maximum absolute atomic E-state index is 13.0. The van der Waals surface area contributed by atoms with Crippen LogP contribution in [0.4, 0.5) is 4.39 Å². The molecule has 0 aliphatic rings. The third-order valence-electron chi connectivity index (χ3n) is 4.32. The molecule has 1 atom stereocenters. The number of hydrogen-bond donors (Lipinski definition) is 1. The van der Waals surface area contributed by atoms with Gasteiger partial charge in [0.05, 0.1) is 6.54 Å². The number of carbonyl (C=O) groups is 1. The normalized spacial score (nSPS) is 11.9. The van der Waals surface area contributed by atoms with Crippen LogP contribution in [-0.2, 0) is 17.9 Å². The monoisotopic (exact) mass is 352 g/mol. The van der Waals surface area contributed by atoms with Crippen LogP contribution >= 0.6 is 0 Å². The second-order valence-corrected chi connectivity index (χ2v) is 6.30. The summed E-state index contributed by atoms with van der Waals surface area (Å²) in [5.41, 5.74) is 3.09. The van der Waals surface area contributed by atoms with Crippen molar-refractivity contribution in [3.05, 3.63) is 83.7 Å². The fourth-order valence-electron chi connectivity index (χ4n) is 2.83. The maximum Gasteiger partial charge on any atom is 0.220 e. The highest BCUT2D eigenvalue weighted by Crippen LogP contribution is 2.19. The number of halogens is 1. The predicted molar refractivity (Wildman–Crippen MR) is 96.8 cm³/mol. The Labute approximate surface area is 151 Å². The Morgan fingerprint density at radius 2 is 1.88 bits per heavy atom. The van der Waals surface area contributed by atoms with E-state index in [1.54, 1.807) is 23.1 Å². The van der Waals surface area contributed by atoms with Crippen LogP contribution in [0, 0.1) is 5.82 Å². The molecule has 0 saturated heterocycles. The van der Waals surface area contributed by atoms with E-state index in [0.29, 0.717) is 19.5 Å². The molecule has 0 spiro atoms. The summed E-state index contributed by atoms with van der Waals surface area (Å²) in [6, 6.07) is 14.2. The van der Waals surface area contributed by atoms with Crippen LogP contribution in [0.1, 0.15) is 36.0 Å². The number of rotatable bonds is 7. The van der Waals surface area contributed by atoms with Crippen molar-refractivity contribution in [1.29, 1.82) is 0 Å². The Hall–Kier alpha value is -3.02. The standard InChI is InChI=1S/C20H21FN4O/c1-15(16-6-8-19(21)9-7-16)10-20(26)23-11-17-4-2-3-5-18(17)12-25-14-22-13-24-25/h2-9,13-15H,10-12H2,1H3,(H,23,26). The first-order valence-corrected chi connectivity index (χ1v) is 8.53. The van der Waals surface area contributed by atoms with Crippen molar-refractivity contribution in [3.8, 4) is 0 Å².